The summed E-state index contributed by atoms with van der Waals surface area (Å²) in [6.45, 7) is 3.84. The van der Waals surface area contributed by atoms with Crippen LogP contribution in [-0.4, -0.2) is 21.3 Å². The zero-order chi connectivity index (χ0) is 14.0. The van der Waals surface area contributed by atoms with Crippen LogP contribution in [0.25, 0.3) is 10.9 Å². The Morgan fingerprint density at radius 1 is 1.37 bits per heavy atom. The second-order valence-corrected chi connectivity index (χ2v) is 6.69. The lowest BCUT2D eigenvalue weighted by atomic mass is 10.1. The minimum atomic E-state index is -0.778. The van der Waals surface area contributed by atoms with Crippen molar-refractivity contribution in [1.82, 2.24) is 4.98 Å². The molecule has 0 saturated carbocycles. The average molecular weight is 340 g/mol. The number of nitrogens with zero attached hydrogens (tertiary/aromatic N) is 1. The van der Waals surface area contributed by atoms with Crippen LogP contribution >= 0.6 is 27.7 Å². The molecule has 19 heavy (non-hydrogen) atoms. The van der Waals surface area contributed by atoms with E-state index in [2.05, 4.69) is 20.9 Å². The Morgan fingerprint density at radius 2 is 2.11 bits per heavy atom. The van der Waals surface area contributed by atoms with E-state index in [1.54, 1.807) is 6.20 Å². The summed E-state index contributed by atoms with van der Waals surface area (Å²) in [5.74, 6) is -0.710. The molecule has 0 aliphatic carbocycles. The molecule has 1 aromatic heterocycles. The zero-order valence-electron chi connectivity index (χ0n) is 10.6. The van der Waals surface area contributed by atoms with E-state index >= 15 is 0 Å². The van der Waals surface area contributed by atoms with Gasteiger partial charge in [-0.05, 0) is 30.2 Å². The molecular weight excluding hydrogens is 326 g/mol. The molecule has 1 N–H and O–H groups in total. The number of hydrogen-bond acceptors (Lipinski definition) is 3. The van der Waals surface area contributed by atoms with Gasteiger partial charge in [0, 0.05) is 21.0 Å². The van der Waals surface area contributed by atoms with Gasteiger partial charge in [0.25, 0.3) is 0 Å². The topological polar surface area (TPSA) is 50.2 Å². The van der Waals surface area contributed by atoms with E-state index < -0.39 is 11.2 Å². The number of hydrogen-bond donors (Lipinski definition) is 1. The molecular formula is C14H14BrNO2S. The average Bonchev–Trinajstić information content (AvgIpc) is 2.35. The molecule has 1 unspecified atom stereocenters. The normalized spacial score (nSPS) is 12.8. The maximum atomic E-state index is 11.3. The van der Waals surface area contributed by atoms with E-state index in [-0.39, 0.29) is 5.92 Å². The molecule has 1 atom stereocenters. The molecule has 2 rings (SSSR count). The molecule has 1 heterocycles. The van der Waals surface area contributed by atoms with Crippen LogP contribution in [0.5, 0.6) is 0 Å². The minimum Gasteiger partial charge on any atom is -0.480 e. The van der Waals surface area contributed by atoms with Gasteiger partial charge in [0.15, 0.2) is 0 Å². The second kappa shape index (κ2) is 5.92. The van der Waals surface area contributed by atoms with Crippen molar-refractivity contribution in [3.8, 4) is 0 Å². The zero-order valence-corrected chi connectivity index (χ0v) is 13.0. The van der Waals surface area contributed by atoms with Crippen LogP contribution < -0.4 is 0 Å². The monoisotopic (exact) mass is 339 g/mol. The van der Waals surface area contributed by atoms with Gasteiger partial charge >= 0.3 is 5.97 Å². The number of aromatic nitrogens is 1. The molecule has 0 saturated heterocycles. The molecule has 0 amide bonds. The predicted octanol–water partition coefficient (Wildman–Crippen LogP) is 4.20. The number of carboxylic acid groups (broad SMARTS) is 1. The van der Waals surface area contributed by atoms with Crippen LogP contribution in [0.3, 0.4) is 0 Å². The smallest absolute Gasteiger partial charge is 0.317 e. The molecule has 0 fully saturated rings. The van der Waals surface area contributed by atoms with Gasteiger partial charge < -0.3 is 5.11 Å². The third kappa shape index (κ3) is 3.28. The first-order chi connectivity index (χ1) is 8.99. The summed E-state index contributed by atoms with van der Waals surface area (Å²) >= 11 is 4.82. The Labute approximate surface area is 124 Å². The lowest BCUT2D eigenvalue weighted by Crippen LogP contribution is -2.22. The van der Waals surface area contributed by atoms with Crippen molar-refractivity contribution in [3.05, 3.63) is 34.9 Å². The van der Waals surface area contributed by atoms with Crippen molar-refractivity contribution < 1.29 is 9.90 Å². The highest BCUT2D eigenvalue weighted by atomic mass is 79.9. The summed E-state index contributed by atoms with van der Waals surface area (Å²) in [6.07, 6.45) is 1.72. The first kappa shape index (κ1) is 14.3. The lowest BCUT2D eigenvalue weighted by Gasteiger charge is -2.16. The summed E-state index contributed by atoms with van der Waals surface area (Å²) < 4.78 is 0.964. The molecule has 0 aliphatic rings. The van der Waals surface area contributed by atoms with Gasteiger partial charge in [-0.25, -0.2) is 0 Å². The first-order valence-electron chi connectivity index (χ1n) is 5.93. The fourth-order valence-electron chi connectivity index (χ4n) is 1.80. The molecule has 1 aromatic carbocycles. The molecule has 0 aliphatic heterocycles. The summed E-state index contributed by atoms with van der Waals surface area (Å²) in [4.78, 5) is 16.6. The summed E-state index contributed by atoms with van der Waals surface area (Å²) in [6, 6.07) is 7.71. The molecule has 5 heteroatoms. The van der Waals surface area contributed by atoms with Crippen LogP contribution in [0.1, 0.15) is 13.8 Å². The minimum absolute atomic E-state index is 0.0675. The Bertz CT molecular complexity index is 615. The summed E-state index contributed by atoms with van der Waals surface area (Å²) in [5.41, 5.74) is 0.876. The number of aliphatic carboxylic acids is 1. The molecule has 0 spiro atoms. The fraction of sp³-hybridized carbons (Fsp3) is 0.286. The molecule has 2 aromatic rings. The van der Waals surface area contributed by atoms with Crippen molar-refractivity contribution in [2.24, 2.45) is 5.92 Å². The Morgan fingerprint density at radius 3 is 2.74 bits per heavy atom. The molecule has 100 valence electrons. The van der Waals surface area contributed by atoms with Gasteiger partial charge in [0.2, 0.25) is 0 Å². The predicted molar refractivity (Wildman–Crippen MR) is 81.6 cm³/mol. The number of halogens is 1. The maximum Gasteiger partial charge on any atom is 0.317 e. The number of rotatable bonds is 4. The van der Waals surface area contributed by atoms with E-state index in [1.807, 2.05) is 38.1 Å². The van der Waals surface area contributed by atoms with Gasteiger partial charge in [0.05, 0.1) is 5.52 Å². The standard InChI is InChI=1S/C14H14BrNO2S/c1-8(2)13(14(17)18)19-12-5-6-16-11-4-3-9(15)7-10(11)12/h3-8,13H,1-2H3,(H,17,18). The van der Waals surface area contributed by atoms with Crippen LogP contribution in [0, 0.1) is 5.92 Å². The number of carboxylic acids is 1. The third-order valence-corrected chi connectivity index (χ3v) is 4.87. The van der Waals surface area contributed by atoms with Gasteiger partial charge in [-0.1, -0.05) is 29.8 Å². The molecule has 3 nitrogen and oxygen atoms in total. The summed E-state index contributed by atoms with van der Waals surface area (Å²) in [5, 5.41) is 9.81. The Kier molecular flexibility index (Phi) is 4.47. The maximum absolute atomic E-state index is 11.3. The highest BCUT2D eigenvalue weighted by molar-refractivity contribution is 9.10. The van der Waals surface area contributed by atoms with Gasteiger partial charge in [-0.3, -0.25) is 9.78 Å². The Hall–Kier alpha value is -1.07. The van der Waals surface area contributed by atoms with Crippen LogP contribution in [0.15, 0.2) is 39.8 Å². The molecule has 0 bridgehead atoms. The van der Waals surface area contributed by atoms with Crippen LogP contribution in [0.2, 0.25) is 0 Å². The third-order valence-electron chi connectivity index (χ3n) is 2.77. The van der Waals surface area contributed by atoms with Gasteiger partial charge in [0.1, 0.15) is 5.25 Å². The van der Waals surface area contributed by atoms with Gasteiger partial charge in [-0.2, -0.15) is 0 Å². The first-order valence-corrected chi connectivity index (χ1v) is 7.60. The van der Waals surface area contributed by atoms with Crippen molar-refractivity contribution in [1.29, 1.82) is 0 Å². The highest BCUT2D eigenvalue weighted by Crippen LogP contribution is 2.34. The van der Waals surface area contributed by atoms with Crippen molar-refractivity contribution >= 4 is 44.6 Å². The number of pyridine rings is 1. The number of thioether (sulfide) groups is 1. The van der Waals surface area contributed by atoms with E-state index in [0.717, 1.165) is 20.3 Å². The van der Waals surface area contributed by atoms with E-state index in [1.165, 1.54) is 11.8 Å². The van der Waals surface area contributed by atoms with Crippen molar-refractivity contribution in [2.45, 2.75) is 24.0 Å². The van der Waals surface area contributed by atoms with E-state index in [0.29, 0.717) is 0 Å². The summed E-state index contributed by atoms with van der Waals surface area (Å²) in [7, 11) is 0. The second-order valence-electron chi connectivity index (χ2n) is 4.59. The van der Waals surface area contributed by atoms with Crippen LogP contribution in [-0.2, 0) is 4.79 Å². The van der Waals surface area contributed by atoms with E-state index in [4.69, 9.17) is 0 Å². The fourth-order valence-corrected chi connectivity index (χ4v) is 3.24. The van der Waals surface area contributed by atoms with E-state index in [9.17, 15) is 9.90 Å². The largest absolute Gasteiger partial charge is 0.480 e. The number of benzene rings is 1. The van der Waals surface area contributed by atoms with Gasteiger partial charge in [-0.15, -0.1) is 11.8 Å². The highest BCUT2D eigenvalue weighted by Gasteiger charge is 2.23. The quantitative estimate of drug-likeness (QED) is 0.848. The van der Waals surface area contributed by atoms with Crippen molar-refractivity contribution in [2.75, 3.05) is 0 Å². The Balaban J connectivity index is 2.44. The van der Waals surface area contributed by atoms with Crippen molar-refractivity contribution in [3.63, 3.8) is 0 Å². The number of fused-ring (bicyclic) bond motifs is 1. The number of carbonyl (C=O) groups is 1. The van der Waals surface area contributed by atoms with Crippen LogP contribution in [0.4, 0.5) is 0 Å². The molecule has 0 radical (unpaired) electrons. The SMILES string of the molecule is CC(C)C(Sc1ccnc2ccc(Br)cc12)C(=O)O. The lowest BCUT2D eigenvalue weighted by molar-refractivity contribution is -0.137.